The monoisotopic (exact) mass is 218 g/mol. The number of anilines is 1. The average Bonchev–Trinajstić information content (AvgIpc) is 2.15. The Kier molecular flexibility index (Phi) is 3.83. The first kappa shape index (κ1) is 11.5. The molecular formula is C14H22N2. The van der Waals surface area contributed by atoms with Crippen LogP contribution in [0.1, 0.15) is 31.2 Å². The van der Waals surface area contributed by atoms with Crippen LogP contribution in [0.3, 0.4) is 0 Å². The van der Waals surface area contributed by atoms with Gasteiger partial charge in [-0.15, -0.1) is 0 Å². The van der Waals surface area contributed by atoms with Gasteiger partial charge in [-0.3, -0.25) is 0 Å². The van der Waals surface area contributed by atoms with Crippen molar-refractivity contribution >= 4 is 5.69 Å². The van der Waals surface area contributed by atoms with Gasteiger partial charge < -0.3 is 10.6 Å². The normalized spacial score (nSPS) is 16.4. The minimum Gasteiger partial charge on any atom is -0.399 e. The molecule has 0 bridgehead atoms. The number of rotatable bonds is 5. The van der Waals surface area contributed by atoms with Crippen LogP contribution in [0.4, 0.5) is 5.69 Å². The Morgan fingerprint density at radius 1 is 1.38 bits per heavy atom. The van der Waals surface area contributed by atoms with E-state index in [1.165, 1.54) is 37.8 Å². The summed E-state index contributed by atoms with van der Waals surface area (Å²) in [7, 11) is 2.20. The summed E-state index contributed by atoms with van der Waals surface area (Å²) in [6, 6.07) is 8.19. The second-order valence-corrected chi connectivity index (χ2v) is 5.07. The van der Waals surface area contributed by atoms with Gasteiger partial charge in [-0.1, -0.05) is 31.4 Å². The molecule has 0 aliphatic heterocycles. The van der Waals surface area contributed by atoms with E-state index in [2.05, 4.69) is 24.1 Å². The largest absolute Gasteiger partial charge is 0.399 e. The Bertz CT molecular complexity index is 331. The molecular weight excluding hydrogens is 196 g/mol. The predicted octanol–water partition coefficient (Wildman–Crippen LogP) is 2.89. The molecule has 0 unspecified atom stereocenters. The zero-order chi connectivity index (χ0) is 11.4. The lowest BCUT2D eigenvalue weighted by molar-refractivity contribution is 0.235. The van der Waals surface area contributed by atoms with Crippen molar-refractivity contribution in [3.63, 3.8) is 0 Å². The van der Waals surface area contributed by atoms with Gasteiger partial charge in [-0.2, -0.15) is 0 Å². The molecule has 1 aliphatic rings. The summed E-state index contributed by atoms with van der Waals surface area (Å²) in [5, 5.41) is 0. The van der Waals surface area contributed by atoms with Crippen molar-refractivity contribution < 1.29 is 0 Å². The van der Waals surface area contributed by atoms with Crippen LogP contribution in [0, 0.1) is 5.92 Å². The van der Waals surface area contributed by atoms with Crippen LogP contribution in [0.25, 0.3) is 0 Å². The molecule has 2 nitrogen and oxygen atoms in total. The van der Waals surface area contributed by atoms with Crippen molar-refractivity contribution in [2.24, 2.45) is 5.92 Å². The molecule has 1 fully saturated rings. The van der Waals surface area contributed by atoms with Crippen LogP contribution >= 0.6 is 0 Å². The first-order valence-electron chi connectivity index (χ1n) is 6.27. The zero-order valence-corrected chi connectivity index (χ0v) is 10.2. The van der Waals surface area contributed by atoms with Crippen molar-refractivity contribution in [3.8, 4) is 0 Å². The molecule has 0 radical (unpaired) electrons. The molecule has 1 aromatic rings. The van der Waals surface area contributed by atoms with E-state index < -0.39 is 0 Å². The number of nitrogens with two attached hydrogens (primary N) is 1. The summed E-state index contributed by atoms with van der Waals surface area (Å²) < 4.78 is 0. The van der Waals surface area contributed by atoms with Gasteiger partial charge in [0.25, 0.3) is 0 Å². The molecule has 1 saturated carbocycles. The van der Waals surface area contributed by atoms with Crippen LogP contribution in [0.2, 0.25) is 0 Å². The van der Waals surface area contributed by atoms with Gasteiger partial charge in [0.15, 0.2) is 0 Å². The lowest BCUT2D eigenvalue weighted by Crippen LogP contribution is -2.23. The molecule has 2 heteroatoms. The summed E-state index contributed by atoms with van der Waals surface area (Å²) >= 11 is 0. The number of hydrogen-bond acceptors (Lipinski definition) is 2. The van der Waals surface area contributed by atoms with E-state index in [-0.39, 0.29) is 0 Å². The molecule has 16 heavy (non-hydrogen) atoms. The quantitative estimate of drug-likeness (QED) is 0.770. The fourth-order valence-electron chi connectivity index (χ4n) is 2.27. The first-order chi connectivity index (χ1) is 7.74. The summed E-state index contributed by atoms with van der Waals surface area (Å²) in [4.78, 5) is 2.40. The minimum atomic E-state index is 0.866. The molecule has 1 aliphatic carbocycles. The van der Waals surface area contributed by atoms with E-state index in [0.29, 0.717) is 0 Å². The summed E-state index contributed by atoms with van der Waals surface area (Å²) in [5.41, 5.74) is 7.95. The molecule has 0 heterocycles. The first-order valence-corrected chi connectivity index (χ1v) is 6.27. The van der Waals surface area contributed by atoms with E-state index in [0.717, 1.165) is 18.2 Å². The summed E-state index contributed by atoms with van der Waals surface area (Å²) in [5.74, 6) is 1.00. The average molecular weight is 218 g/mol. The number of benzene rings is 1. The molecule has 0 amide bonds. The van der Waals surface area contributed by atoms with E-state index >= 15 is 0 Å². The fraction of sp³-hybridized carbons (Fsp3) is 0.571. The number of hydrogen-bond donors (Lipinski definition) is 1. The molecule has 0 aromatic heterocycles. The van der Waals surface area contributed by atoms with E-state index in [1.54, 1.807) is 0 Å². The minimum absolute atomic E-state index is 0.866. The van der Waals surface area contributed by atoms with Crippen LogP contribution in [-0.4, -0.2) is 18.5 Å². The van der Waals surface area contributed by atoms with Crippen molar-refractivity contribution in [1.29, 1.82) is 0 Å². The summed E-state index contributed by atoms with van der Waals surface area (Å²) in [6.45, 7) is 2.22. The van der Waals surface area contributed by atoms with Crippen molar-refractivity contribution in [2.45, 2.75) is 32.2 Å². The lowest BCUT2D eigenvalue weighted by atomic mass is 9.83. The lowest BCUT2D eigenvalue weighted by Gasteiger charge is -2.27. The molecule has 0 atom stereocenters. The van der Waals surface area contributed by atoms with Gasteiger partial charge in [-0.05, 0) is 43.6 Å². The molecule has 1 aromatic carbocycles. The van der Waals surface area contributed by atoms with Gasteiger partial charge in [0.1, 0.15) is 0 Å². The van der Waals surface area contributed by atoms with Crippen LogP contribution in [0.15, 0.2) is 24.3 Å². The van der Waals surface area contributed by atoms with E-state index in [1.807, 2.05) is 12.1 Å². The van der Waals surface area contributed by atoms with Gasteiger partial charge >= 0.3 is 0 Å². The molecule has 2 N–H and O–H groups in total. The Morgan fingerprint density at radius 3 is 2.81 bits per heavy atom. The second kappa shape index (κ2) is 5.35. The van der Waals surface area contributed by atoms with E-state index in [4.69, 9.17) is 5.73 Å². The van der Waals surface area contributed by atoms with Gasteiger partial charge in [0.2, 0.25) is 0 Å². The Hall–Kier alpha value is -1.02. The third-order valence-corrected chi connectivity index (χ3v) is 3.55. The fourth-order valence-corrected chi connectivity index (χ4v) is 2.27. The van der Waals surface area contributed by atoms with Gasteiger partial charge in [0, 0.05) is 12.2 Å². The molecule has 2 rings (SSSR count). The maximum Gasteiger partial charge on any atom is 0.0317 e. The van der Waals surface area contributed by atoms with Crippen LogP contribution in [-0.2, 0) is 6.54 Å². The molecule has 88 valence electrons. The standard InChI is InChI=1S/C14H22N2/c1-16(9-8-12-4-2-5-12)11-13-6-3-7-14(15)10-13/h3,6-7,10,12H,2,4-5,8-9,11,15H2,1H3. The summed E-state index contributed by atoms with van der Waals surface area (Å²) in [6.07, 6.45) is 5.71. The molecule has 0 saturated heterocycles. The maximum absolute atomic E-state index is 5.77. The highest BCUT2D eigenvalue weighted by Crippen LogP contribution is 2.29. The van der Waals surface area contributed by atoms with Crippen molar-refractivity contribution in [2.75, 3.05) is 19.3 Å². The third kappa shape index (κ3) is 3.24. The van der Waals surface area contributed by atoms with Gasteiger partial charge in [0.05, 0.1) is 0 Å². The zero-order valence-electron chi connectivity index (χ0n) is 10.2. The predicted molar refractivity (Wildman–Crippen MR) is 69.1 cm³/mol. The highest BCUT2D eigenvalue weighted by Gasteiger charge is 2.17. The SMILES string of the molecule is CN(CCC1CCC1)Cc1cccc(N)c1. The Balaban J connectivity index is 1.75. The number of nitrogen functional groups attached to an aromatic ring is 1. The Morgan fingerprint density at radius 2 is 2.19 bits per heavy atom. The highest BCUT2D eigenvalue weighted by atomic mass is 15.1. The van der Waals surface area contributed by atoms with Crippen molar-refractivity contribution in [3.05, 3.63) is 29.8 Å². The number of nitrogens with zero attached hydrogens (tertiary/aromatic N) is 1. The van der Waals surface area contributed by atoms with Crippen molar-refractivity contribution in [1.82, 2.24) is 4.90 Å². The van der Waals surface area contributed by atoms with E-state index in [9.17, 15) is 0 Å². The van der Waals surface area contributed by atoms with Crippen LogP contribution < -0.4 is 5.73 Å². The molecule has 0 spiro atoms. The third-order valence-electron chi connectivity index (χ3n) is 3.55. The topological polar surface area (TPSA) is 29.3 Å². The highest BCUT2D eigenvalue weighted by molar-refractivity contribution is 5.40. The maximum atomic E-state index is 5.77. The smallest absolute Gasteiger partial charge is 0.0317 e. The second-order valence-electron chi connectivity index (χ2n) is 5.07. The van der Waals surface area contributed by atoms with Crippen LogP contribution in [0.5, 0.6) is 0 Å². The Labute approximate surface area is 98.4 Å². The van der Waals surface area contributed by atoms with Gasteiger partial charge in [-0.25, -0.2) is 0 Å².